The zero-order valence-corrected chi connectivity index (χ0v) is 13.6. The van der Waals surface area contributed by atoms with Crippen molar-refractivity contribution < 1.29 is 14.3 Å². The van der Waals surface area contributed by atoms with Gasteiger partial charge in [-0.05, 0) is 37.1 Å². The van der Waals surface area contributed by atoms with Crippen molar-refractivity contribution in [3.05, 3.63) is 24.3 Å². The average Bonchev–Trinajstić information content (AvgIpc) is 2.84. The third-order valence-electron chi connectivity index (χ3n) is 3.85. The number of nitrogens with one attached hydrogen (secondary N) is 2. The Hall–Kier alpha value is -2.08. The van der Waals surface area contributed by atoms with Gasteiger partial charge in [-0.1, -0.05) is 12.8 Å². The molecule has 6 nitrogen and oxygen atoms in total. The molecule has 3 amide bonds. The molecule has 1 heterocycles. The molecular weight excluding hydrogens is 294 g/mol. The summed E-state index contributed by atoms with van der Waals surface area (Å²) in [4.78, 5) is 25.7. The van der Waals surface area contributed by atoms with Crippen LogP contribution in [0.3, 0.4) is 0 Å². The van der Waals surface area contributed by atoms with Crippen LogP contribution < -0.4 is 10.6 Å². The lowest BCUT2D eigenvalue weighted by atomic mass is 10.2. The number of urea groups is 1. The molecule has 0 spiro atoms. The molecule has 1 aliphatic heterocycles. The number of likely N-dealkylation sites (tertiary alicyclic amines) is 1. The fourth-order valence-corrected chi connectivity index (χ4v) is 2.53. The SMILES string of the molecule is COCCC(=O)Nc1ccc(NC(=O)N2CCCCCC2)cc1. The molecule has 23 heavy (non-hydrogen) atoms. The number of benzene rings is 1. The summed E-state index contributed by atoms with van der Waals surface area (Å²) in [6, 6.07) is 7.10. The van der Waals surface area contributed by atoms with Crippen molar-refractivity contribution in [1.29, 1.82) is 0 Å². The maximum atomic E-state index is 12.2. The van der Waals surface area contributed by atoms with Crippen molar-refractivity contribution in [1.82, 2.24) is 4.90 Å². The van der Waals surface area contributed by atoms with Gasteiger partial charge in [-0.3, -0.25) is 4.79 Å². The fourth-order valence-electron chi connectivity index (χ4n) is 2.53. The molecule has 1 fully saturated rings. The van der Waals surface area contributed by atoms with Crippen molar-refractivity contribution in [3.8, 4) is 0 Å². The molecule has 1 aliphatic rings. The smallest absolute Gasteiger partial charge is 0.321 e. The van der Waals surface area contributed by atoms with E-state index in [0.717, 1.165) is 31.6 Å². The highest BCUT2D eigenvalue weighted by Crippen LogP contribution is 2.16. The van der Waals surface area contributed by atoms with Crippen LogP contribution in [0.25, 0.3) is 0 Å². The minimum atomic E-state index is -0.0896. The number of carbonyl (C=O) groups excluding carboxylic acids is 2. The summed E-state index contributed by atoms with van der Waals surface area (Å²) in [5, 5.41) is 5.70. The molecule has 0 aliphatic carbocycles. The van der Waals surface area contributed by atoms with Crippen LogP contribution in [-0.2, 0) is 9.53 Å². The van der Waals surface area contributed by atoms with Crippen molar-refractivity contribution in [3.63, 3.8) is 0 Å². The molecule has 0 aromatic heterocycles. The fraction of sp³-hybridized carbons (Fsp3) is 0.529. The number of methoxy groups -OCH3 is 1. The molecule has 6 heteroatoms. The van der Waals surface area contributed by atoms with Crippen LogP contribution >= 0.6 is 0 Å². The average molecular weight is 319 g/mol. The van der Waals surface area contributed by atoms with E-state index in [4.69, 9.17) is 4.74 Å². The summed E-state index contributed by atoms with van der Waals surface area (Å²) in [5.41, 5.74) is 1.44. The summed E-state index contributed by atoms with van der Waals surface area (Å²) < 4.78 is 4.87. The number of nitrogens with zero attached hydrogens (tertiary/aromatic N) is 1. The van der Waals surface area contributed by atoms with Gasteiger partial charge < -0.3 is 20.3 Å². The van der Waals surface area contributed by atoms with Gasteiger partial charge in [0.05, 0.1) is 13.0 Å². The van der Waals surface area contributed by atoms with Crippen molar-refractivity contribution in [2.24, 2.45) is 0 Å². The molecule has 2 rings (SSSR count). The molecule has 0 unspecified atom stereocenters. The Morgan fingerprint density at radius 1 is 1.00 bits per heavy atom. The Kier molecular flexibility index (Phi) is 6.87. The van der Waals surface area contributed by atoms with Gasteiger partial charge in [-0.25, -0.2) is 4.79 Å². The molecule has 1 aromatic carbocycles. The van der Waals surface area contributed by atoms with E-state index >= 15 is 0 Å². The standard InChI is InChI=1S/C17H25N3O3/c1-23-13-10-16(21)18-14-6-8-15(9-7-14)19-17(22)20-11-4-2-3-5-12-20/h6-9H,2-5,10-13H2,1H3,(H,18,21)(H,19,22). The van der Waals surface area contributed by atoms with Crippen LogP contribution in [0.2, 0.25) is 0 Å². The largest absolute Gasteiger partial charge is 0.384 e. The first-order chi connectivity index (χ1) is 11.2. The molecule has 126 valence electrons. The second-order valence-corrected chi connectivity index (χ2v) is 5.70. The maximum Gasteiger partial charge on any atom is 0.321 e. The second kappa shape index (κ2) is 9.15. The first-order valence-electron chi connectivity index (χ1n) is 8.14. The molecule has 0 atom stereocenters. The monoisotopic (exact) mass is 319 g/mol. The van der Waals surface area contributed by atoms with Crippen molar-refractivity contribution in [2.75, 3.05) is 37.4 Å². The third-order valence-corrected chi connectivity index (χ3v) is 3.85. The predicted molar refractivity (Wildman–Crippen MR) is 90.6 cm³/mol. The summed E-state index contributed by atoms with van der Waals surface area (Å²) in [5.74, 6) is -0.0896. The van der Waals surface area contributed by atoms with Gasteiger partial charge in [-0.15, -0.1) is 0 Å². The number of anilines is 2. The normalized spacial score (nSPS) is 14.9. The van der Waals surface area contributed by atoms with Crippen LogP contribution in [0.4, 0.5) is 16.2 Å². The number of carbonyl (C=O) groups is 2. The number of rotatable bonds is 5. The topological polar surface area (TPSA) is 70.7 Å². The van der Waals surface area contributed by atoms with Crippen LogP contribution in [0, 0.1) is 0 Å². The maximum absolute atomic E-state index is 12.2. The molecule has 1 aromatic rings. The van der Waals surface area contributed by atoms with Crippen LogP contribution in [-0.4, -0.2) is 43.6 Å². The van der Waals surface area contributed by atoms with E-state index < -0.39 is 0 Å². The highest BCUT2D eigenvalue weighted by atomic mass is 16.5. The van der Waals surface area contributed by atoms with Gasteiger partial charge in [0.1, 0.15) is 0 Å². The Labute approximate surface area is 137 Å². The lowest BCUT2D eigenvalue weighted by Gasteiger charge is -2.20. The number of amides is 3. The van der Waals surface area contributed by atoms with Gasteiger partial charge in [-0.2, -0.15) is 0 Å². The molecule has 0 saturated carbocycles. The quantitative estimate of drug-likeness (QED) is 0.876. The predicted octanol–water partition coefficient (Wildman–Crippen LogP) is 3.07. The van der Waals surface area contributed by atoms with Crippen molar-refractivity contribution in [2.45, 2.75) is 32.1 Å². The summed E-state index contributed by atoms with van der Waals surface area (Å²) in [6.07, 6.45) is 4.85. The molecule has 2 N–H and O–H groups in total. The van der Waals surface area contributed by atoms with E-state index in [1.165, 1.54) is 12.8 Å². The van der Waals surface area contributed by atoms with Crippen molar-refractivity contribution >= 4 is 23.3 Å². The zero-order valence-electron chi connectivity index (χ0n) is 13.6. The van der Waals surface area contributed by atoms with E-state index in [0.29, 0.717) is 18.7 Å². The van der Waals surface area contributed by atoms with Gasteiger partial charge in [0, 0.05) is 31.6 Å². The Morgan fingerprint density at radius 2 is 1.57 bits per heavy atom. The lowest BCUT2D eigenvalue weighted by molar-refractivity contribution is -0.117. The summed E-state index contributed by atoms with van der Waals surface area (Å²) >= 11 is 0. The second-order valence-electron chi connectivity index (χ2n) is 5.70. The van der Waals surface area contributed by atoms with Gasteiger partial charge in [0.25, 0.3) is 0 Å². The number of hydrogen-bond acceptors (Lipinski definition) is 3. The molecule has 0 radical (unpaired) electrons. The molecular formula is C17H25N3O3. The van der Waals surface area contributed by atoms with E-state index in [2.05, 4.69) is 10.6 Å². The Balaban J connectivity index is 1.84. The van der Waals surface area contributed by atoms with Gasteiger partial charge >= 0.3 is 6.03 Å². The minimum Gasteiger partial charge on any atom is -0.384 e. The highest BCUT2D eigenvalue weighted by Gasteiger charge is 2.15. The first-order valence-corrected chi connectivity index (χ1v) is 8.14. The highest BCUT2D eigenvalue weighted by molar-refractivity contribution is 5.92. The molecule has 1 saturated heterocycles. The van der Waals surface area contributed by atoms with Gasteiger partial charge in [0.15, 0.2) is 0 Å². The van der Waals surface area contributed by atoms with Crippen LogP contribution in [0.5, 0.6) is 0 Å². The number of hydrogen-bond donors (Lipinski definition) is 2. The number of ether oxygens (including phenoxy) is 1. The van der Waals surface area contributed by atoms with E-state index in [1.807, 2.05) is 4.90 Å². The first kappa shape index (κ1) is 17.3. The zero-order chi connectivity index (χ0) is 16.5. The van der Waals surface area contributed by atoms with Gasteiger partial charge in [0.2, 0.25) is 5.91 Å². The van der Waals surface area contributed by atoms with Crippen LogP contribution in [0.15, 0.2) is 24.3 Å². The van der Waals surface area contributed by atoms with E-state index in [-0.39, 0.29) is 11.9 Å². The molecule has 0 bridgehead atoms. The van der Waals surface area contributed by atoms with E-state index in [1.54, 1.807) is 31.4 Å². The minimum absolute atomic E-state index is 0.0521. The summed E-state index contributed by atoms with van der Waals surface area (Å²) in [7, 11) is 1.56. The van der Waals surface area contributed by atoms with E-state index in [9.17, 15) is 9.59 Å². The Morgan fingerprint density at radius 3 is 2.13 bits per heavy atom. The summed E-state index contributed by atoms with van der Waals surface area (Å²) in [6.45, 7) is 2.04. The van der Waals surface area contributed by atoms with Crippen LogP contribution in [0.1, 0.15) is 32.1 Å². The Bertz CT molecular complexity index is 508. The third kappa shape index (κ3) is 5.90. The lowest BCUT2D eigenvalue weighted by Crippen LogP contribution is -2.35.